The molecule has 2 atom stereocenters. The van der Waals surface area contributed by atoms with Crippen LogP contribution in [0.1, 0.15) is 13.3 Å². The molecule has 0 saturated carbocycles. The monoisotopic (exact) mass is 221 g/mol. The van der Waals surface area contributed by atoms with E-state index in [0.717, 1.165) is 0 Å². The van der Waals surface area contributed by atoms with E-state index in [4.69, 9.17) is 10.2 Å². The third-order valence-electron chi connectivity index (χ3n) is 1.72. The van der Waals surface area contributed by atoms with Crippen LogP contribution in [-0.2, 0) is 14.4 Å². The second-order valence-electron chi connectivity index (χ2n) is 3.02. The molecule has 7 heteroatoms. The SMILES string of the molecule is C[C@H](NC(=O)CC(CF)C(=O)O)C(=O)O. The van der Waals surface area contributed by atoms with E-state index in [2.05, 4.69) is 0 Å². The molecule has 3 N–H and O–H groups in total. The number of amides is 1. The number of hydrogen-bond donors (Lipinski definition) is 3. The van der Waals surface area contributed by atoms with Crippen molar-refractivity contribution in [3.8, 4) is 0 Å². The lowest BCUT2D eigenvalue weighted by Gasteiger charge is -2.11. The molecule has 86 valence electrons. The van der Waals surface area contributed by atoms with Crippen LogP contribution in [0.25, 0.3) is 0 Å². The first kappa shape index (κ1) is 13.3. The van der Waals surface area contributed by atoms with E-state index in [9.17, 15) is 18.8 Å². The summed E-state index contributed by atoms with van der Waals surface area (Å²) in [7, 11) is 0. The zero-order valence-electron chi connectivity index (χ0n) is 8.07. The smallest absolute Gasteiger partial charge is 0.325 e. The van der Waals surface area contributed by atoms with Gasteiger partial charge in [0.1, 0.15) is 12.7 Å². The van der Waals surface area contributed by atoms with Gasteiger partial charge in [0.05, 0.1) is 5.92 Å². The minimum atomic E-state index is -1.43. The van der Waals surface area contributed by atoms with Crippen LogP contribution in [0, 0.1) is 5.92 Å². The van der Waals surface area contributed by atoms with Crippen molar-refractivity contribution in [2.24, 2.45) is 5.92 Å². The van der Waals surface area contributed by atoms with Gasteiger partial charge in [0, 0.05) is 6.42 Å². The number of carboxylic acid groups (broad SMARTS) is 2. The van der Waals surface area contributed by atoms with E-state index >= 15 is 0 Å². The van der Waals surface area contributed by atoms with Crippen LogP contribution in [0.4, 0.5) is 4.39 Å². The number of carbonyl (C=O) groups excluding carboxylic acids is 1. The van der Waals surface area contributed by atoms with Gasteiger partial charge in [0.2, 0.25) is 5.91 Å². The fourth-order valence-electron chi connectivity index (χ4n) is 0.794. The zero-order chi connectivity index (χ0) is 12.0. The molecule has 0 heterocycles. The maximum atomic E-state index is 12.1. The van der Waals surface area contributed by atoms with Crippen LogP contribution in [-0.4, -0.2) is 40.8 Å². The Balaban J connectivity index is 4.13. The van der Waals surface area contributed by atoms with Gasteiger partial charge < -0.3 is 15.5 Å². The fraction of sp³-hybridized carbons (Fsp3) is 0.625. The molecule has 0 aromatic heterocycles. The van der Waals surface area contributed by atoms with Gasteiger partial charge in [-0.15, -0.1) is 0 Å². The second-order valence-corrected chi connectivity index (χ2v) is 3.02. The van der Waals surface area contributed by atoms with Crippen molar-refractivity contribution in [3.05, 3.63) is 0 Å². The number of carboxylic acids is 2. The average molecular weight is 221 g/mol. The zero-order valence-corrected chi connectivity index (χ0v) is 8.07. The Morgan fingerprint density at radius 1 is 1.27 bits per heavy atom. The van der Waals surface area contributed by atoms with Gasteiger partial charge in [0.25, 0.3) is 0 Å². The number of nitrogens with one attached hydrogen (secondary N) is 1. The van der Waals surface area contributed by atoms with Crippen LogP contribution >= 0.6 is 0 Å². The highest BCUT2D eigenvalue weighted by molar-refractivity contribution is 5.86. The summed E-state index contributed by atoms with van der Waals surface area (Å²) >= 11 is 0. The topological polar surface area (TPSA) is 104 Å². The van der Waals surface area contributed by atoms with Crippen molar-refractivity contribution in [3.63, 3.8) is 0 Å². The quantitative estimate of drug-likeness (QED) is 0.568. The molecule has 0 rings (SSSR count). The highest BCUT2D eigenvalue weighted by Crippen LogP contribution is 2.04. The molecule has 0 bridgehead atoms. The molecule has 0 aliphatic rings. The van der Waals surface area contributed by atoms with Gasteiger partial charge in [-0.3, -0.25) is 18.8 Å². The number of aliphatic carboxylic acids is 2. The lowest BCUT2D eigenvalue weighted by molar-refractivity contribution is -0.145. The van der Waals surface area contributed by atoms with Crippen LogP contribution in [0.5, 0.6) is 0 Å². The number of halogens is 1. The number of alkyl halides is 1. The maximum absolute atomic E-state index is 12.1. The largest absolute Gasteiger partial charge is 0.481 e. The van der Waals surface area contributed by atoms with E-state index < -0.39 is 42.9 Å². The van der Waals surface area contributed by atoms with Crippen molar-refractivity contribution in [1.29, 1.82) is 0 Å². The summed E-state index contributed by atoms with van der Waals surface area (Å²) in [5.41, 5.74) is 0. The van der Waals surface area contributed by atoms with Gasteiger partial charge in [-0.25, -0.2) is 0 Å². The third kappa shape index (κ3) is 4.94. The van der Waals surface area contributed by atoms with Crippen molar-refractivity contribution in [1.82, 2.24) is 5.32 Å². The van der Waals surface area contributed by atoms with Crippen LogP contribution < -0.4 is 5.32 Å². The van der Waals surface area contributed by atoms with Gasteiger partial charge >= 0.3 is 11.9 Å². The first-order chi connectivity index (χ1) is 6.88. The average Bonchev–Trinajstić information content (AvgIpc) is 2.13. The molecule has 0 aromatic rings. The van der Waals surface area contributed by atoms with Gasteiger partial charge in [-0.2, -0.15) is 0 Å². The first-order valence-corrected chi connectivity index (χ1v) is 4.19. The number of carbonyl (C=O) groups is 3. The third-order valence-corrected chi connectivity index (χ3v) is 1.72. The van der Waals surface area contributed by atoms with Gasteiger partial charge in [0.15, 0.2) is 0 Å². The Morgan fingerprint density at radius 3 is 2.13 bits per heavy atom. The highest BCUT2D eigenvalue weighted by Gasteiger charge is 2.23. The summed E-state index contributed by atoms with van der Waals surface area (Å²) in [6.07, 6.45) is -0.566. The summed E-state index contributed by atoms with van der Waals surface area (Å²) in [5.74, 6) is -4.88. The predicted molar refractivity (Wildman–Crippen MR) is 47.0 cm³/mol. The molecule has 1 amide bonds. The van der Waals surface area contributed by atoms with Crippen LogP contribution in [0.15, 0.2) is 0 Å². The van der Waals surface area contributed by atoms with E-state index in [0.29, 0.717) is 0 Å². The van der Waals surface area contributed by atoms with Crippen LogP contribution in [0.2, 0.25) is 0 Å². The summed E-state index contributed by atoms with van der Waals surface area (Å²) in [5, 5.41) is 18.9. The second kappa shape index (κ2) is 5.94. The van der Waals surface area contributed by atoms with E-state index in [-0.39, 0.29) is 0 Å². The molecule has 0 fully saturated rings. The van der Waals surface area contributed by atoms with Crippen molar-refractivity contribution in [2.75, 3.05) is 6.67 Å². The Labute approximate surface area is 85.1 Å². The number of rotatable bonds is 6. The van der Waals surface area contributed by atoms with E-state index in [1.165, 1.54) is 6.92 Å². The lowest BCUT2D eigenvalue weighted by Crippen LogP contribution is -2.39. The molecule has 15 heavy (non-hydrogen) atoms. The van der Waals surface area contributed by atoms with Gasteiger partial charge in [-0.1, -0.05) is 0 Å². The van der Waals surface area contributed by atoms with E-state index in [1.807, 2.05) is 5.32 Å². The molecular formula is C8H12FNO5. The maximum Gasteiger partial charge on any atom is 0.325 e. The summed E-state index contributed by atoms with van der Waals surface area (Å²) in [6.45, 7) is 0.0651. The number of hydrogen-bond acceptors (Lipinski definition) is 3. The molecule has 0 aromatic carbocycles. The minimum absolute atomic E-state index is 0.566. The first-order valence-electron chi connectivity index (χ1n) is 4.19. The normalized spacial score (nSPS) is 14.0. The Kier molecular flexibility index (Phi) is 5.29. The molecule has 0 radical (unpaired) electrons. The van der Waals surface area contributed by atoms with Crippen molar-refractivity contribution >= 4 is 17.8 Å². The summed E-state index contributed by atoms with van der Waals surface area (Å²) < 4.78 is 12.1. The summed E-state index contributed by atoms with van der Waals surface area (Å²) in [6, 6.07) is -1.12. The fourth-order valence-corrected chi connectivity index (χ4v) is 0.794. The molecule has 1 unspecified atom stereocenters. The van der Waals surface area contributed by atoms with E-state index in [1.54, 1.807) is 0 Å². The predicted octanol–water partition coefficient (Wildman–Crippen LogP) is -0.364. The molecule has 0 aliphatic heterocycles. The summed E-state index contributed by atoms with van der Waals surface area (Å²) in [4.78, 5) is 31.7. The standard InChI is InChI=1S/C8H12FNO5/c1-4(7(12)13)10-6(11)2-5(3-9)8(14)15/h4-5H,2-3H2,1H3,(H,10,11)(H,12,13)(H,14,15)/t4-,5?/m0/s1. The molecular weight excluding hydrogens is 209 g/mol. The highest BCUT2D eigenvalue weighted by atomic mass is 19.1. The Bertz CT molecular complexity index is 268. The molecule has 0 spiro atoms. The minimum Gasteiger partial charge on any atom is -0.481 e. The van der Waals surface area contributed by atoms with Crippen LogP contribution in [0.3, 0.4) is 0 Å². The van der Waals surface area contributed by atoms with Crippen molar-refractivity contribution < 1.29 is 29.0 Å². The van der Waals surface area contributed by atoms with Gasteiger partial charge in [-0.05, 0) is 6.92 Å². The molecule has 0 saturated heterocycles. The lowest BCUT2D eigenvalue weighted by atomic mass is 10.1. The Morgan fingerprint density at radius 2 is 1.80 bits per heavy atom. The Hall–Kier alpha value is -1.66. The molecule has 6 nitrogen and oxygen atoms in total. The van der Waals surface area contributed by atoms with Crippen molar-refractivity contribution in [2.45, 2.75) is 19.4 Å². The molecule has 0 aliphatic carbocycles.